The second-order valence-corrected chi connectivity index (χ2v) is 6.47. The van der Waals surface area contributed by atoms with Gasteiger partial charge in [0.2, 0.25) is 11.8 Å². The van der Waals surface area contributed by atoms with Crippen LogP contribution < -0.4 is 5.32 Å². The van der Waals surface area contributed by atoms with Crippen molar-refractivity contribution in [2.45, 2.75) is 33.4 Å². The minimum Gasteiger partial charge on any atom is -0.352 e. The van der Waals surface area contributed by atoms with Gasteiger partial charge in [0, 0.05) is 37.6 Å². The lowest BCUT2D eigenvalue weighted by Crippen LogP contribution is -2.32. The van der Waals surface area contributed by atoms with Gasteiger partial charge < -0.3 is 10.2 Å². The lowest BCUT2D eigenvalue weighted by Gasteiger charge is -2.16. The van der Waals surface area contributed by atoms with Crippen LogP contribution in [0.4, 0.5) is 0 Å². The highest BCUT2D eigenvalue weighted by atomic mass is 16.2. The summed E-state index contributed by atoms with van der Waals surface area (Å²) in [7, 11) is 0. The van der Waals surface area contributed by atoms with Gasteiger partial charge in [-0.15, -0.1) is 0 Å². The van der Waals surface area contributed by atoms with Crippen LogP contribution in [-0.2, 0) is 22.7 Å². The fraction of sp³-hybridized carbons (Fsp3) is 0.368. The number of hydrogen-bond acceptors (Lipinski definition) is 4. The highest BCUT2D eigenvalue weighted by Gasteiger charge is 2.34. The number of pyridine rings is 2. The quantitative estimate of drug-likeness (QED) is 0.901. The van der Waals surface area contributed by atoms with Crippen LogP contribution in [0.2, 0.25) is 0 Å². The van der Waals surface area contributed by atoms with Crippen LogP contribution >= 0.6 is 0 Å². The first-order valence-corrected chi connectivity index (χ1v) is 8.40. The molecule has 6 nitrogen and oxygen atoms in total. The standard InChI is InChI=1S/C19H22N4O2/c1-13-7-14(2)21-9-16(13)10-22-19(25)15-8-18(24)23(11-15)12-17-5-3-4-6-20-17/h3-7,9,15H,8,10-12H2,1-2H3,(H,22,25)/t15-/m1/s1. The number of aromatic nitrogens is 2. The number of amides is 2. The number of carbonyl (C=O) groups is 2. The van der Waals surface area contributed by atoms with Crippen molar-refractivity contribution in [3.05, 3.63) is 59.2 Å². The first-order valence-electron chi connectivity index (χ1n) is 8.40. The fourth-order valence-electron chi connectivity index (χ4n) is 3.02. The summed E-state index contributed by atoms with van der Waals surface area (Å²) >= 11 is 0. The second-order valence-electron chi connectivity index (χ2n) is 6.47. The van der Waals surface area contributed by atoms with Crippen molar-refractivity contribution in [1.82, 2.24) is 20.2 Å². The number of nitrogens with zero attached hydrogens (tertiary/aromatic N) is 3. The number of likely N-dealkylation sites (tertiary alicyclic amines) is 1. The Balaban J connectivity index is 1.55. The van der Waals surface area contributed by atoms with Gasteiger partial charge in [0.25, 0.3) is 0 Å². The van der Waals surface area contributed by atoms with Gasteiger partial charge in [-0.05, 0) is 43.2 Å². The molecule has 0 aliphatic carbocycles. The minimum atomic E-state index is -0.310. The number of nitrogens with one attached hydrogen (secondary N) is 1. The number of rotatable bonds is 5. The molecule has 2 aromatic rings. The molecule has 1 aliphatic heterocycles. The normalized spacial score (nSPS) is 17.0. The van der Waals surface area contributed by atoms with Crippen LogP contribution in [0.3, 0.4) is 0 Å². The van der Waals surface area contributed by atoms with Crippen LogP contribution in [0, 0.1) is 19.8 Å². The zero-order chi connectivity index (χ0) is 17.8. The Morgan fingerprint density at radius 3 is 2.88 bits per heavy atom. The van der Waals surface area contributed by atoms with Gasteiger partial charge in [0.1, 0.15) is 0 Å². The van der Waals surface area contributed by atoms with Crippen molar-refractivity contribution in [3.8, 4) is 0 Å². The molecule has 0 bridgehead atoms. The highest BCUT2D eigenvalue weighted by molar-refractivity contribution is 5.89. The molecule has 0 radical (unpaired) electrons. The Labute approximate surface area is 147 Å². The van der Waals surface area contributed by atoms with Crippen molar-refractivity contribution < 1.29 is 9.59 Å². The third kappa shape index (κ3) is 4.21. The van der Waals surface area contributed by atoms with Crippen molar-refractivity contribution in [2.75, 3.05) is 6.54 Å². The zero-order valence-corrected chi connectivity index (χ0v) is 14.5. The predicted octanol–water partition coefficient (Wildman–Crippen LogP) is 1.76. The molecule has 0 aromatic carbocycles. The molecule has 0 unspecified atom stereocenters. The summed E-state index contributed by atoms with van der Waals surface area (Å²) in [5.41, 5.74) is 3.89. The first-order chi connectivity index (χ1) is 12.0. The van der Waals surface area contributed by atoms with E-state index in [1.165, 1.54) is 0 Å². The van der Waals surface area contributed by atoms with E-state index in [9.17, 15) is 9.59 Å². The van der Waals surface area contributed by atoms with Gasteiger partial charge in [0.15, 0.2) is 0 Å². The second kappa shape index (κ2) is 7.42. The Morgan fingerprint density at radius 2 is 2.16 bits per heavy atom. The summed E-state index contributed by atoms with van der Waals surface area (Å²) in [5, 5.41) is 2.93. The van der Waals surface area contributed by atoms with E-state index >= 15 is 0 Å². The molecular formula is C19H22N4O2. The van der Waals surface area contributed by atoms with Gasteiger partial charge >= 0.3 is 0 Å². The molecular weight excluding hydrogens is 316 g/mol. The zero-order valence-electron chi connectivity index (χ0n) is 14.5. The molecule has 3 heterocycles. The van der Waals surface area contributed by atoms with Crippen molar-refractivity contribution >= 4 is 11.8 Å². The van der Waals surface area contributed by atoms with E-state index in [0.29, 0.717) is 19.6 Å². The van der Waals surface area contributed by atoms with Crippen molar-refractivity contribution in [3.63, 3.8) is 0 Å². The maximum absolute atomic E-state index is 12.4. The van der Waals surface area contributed by atoms with Gasteiger partial charge in [-0.3, -0.25) is 19.6 Å². The molecule has 0 spiro atoms. The van der Waals surface area contributed by atoms with Crippen LogP contribution in [0.5, 0.6) is 0 Å². The van der Waals surface area contributed by atoms with Gasteiger partial charge in [-0.1, -0.05) is 6.07 Å². The summed E-state index contributed by atoms with van der Waals surface area (Å²) in [6, 6.07) is 7.61. The van der Waals surface area contributed by atoms with Gasteiger partial charge in [-0.25, -0.2) is 0 Å². The molecule has 25 heavy (non-hydrogen) atoms. The summed E-state index contributed by atoms with van der Waals surface area (Å²) < 4.78 is 0. The molecule has 1 aliphatic rings. The summed E-state index contributed by atoms with van der Waals surface area (Å²) in [6.07, 6.45) is 3.75. The summed E-state index contributed by atoms with van der Waals surface area (Å²) in [4.78, 5) is 34.8. The average Bonchev–Trinajstić information content (AvgIpc) is 2.95. The SMILES string of the molecule is Cc1cc(C)c(CNC(=O)[C@@H]2CC(=O)N(Cc3ccccn3)C2)cn1. The predicted molar refractivity (Wildman–Crippen MR) is 93.3 cm³/mol. The Hall–Kier alpha value is -2.76. The molecule has 2 aromatic heterocycles. The van der Waals surface area contributed by atoms with E-state index in [1.54, 1.807) is 17.3 Å². The number of hydrogen-bond donors (Lipinski definition) is 1. The number of aryl methyl sites for hydroxylation is 2. The maximum Gasteiger partial charge on any atom is 0.225 e. The molecule has 130 valence electrons. The third-order valence-electron chi connectivity index (χ3n) is 4.47. The van der Waals surface area contributed by atoms with Gasteiger partial charge in [0.05, 0.1) is 18.2 Å². The smallest absolute Gasteiger partial charge is 0.225 e. The largest absolute Gasteiger partial charge is 0.352 e. The molecule has 1 atom stereocenters. The van der Waals surface area contributed by atoms with Crippen LogP contribution in [0.15, 0.2) is 36.7 Å². The monoisotopic (exact) mass is 338 g/mol. The summed E-state index contributed by atoms with van der Waals surface area (Å²) in [6.45, 7) is 5.26. The van der Waals surface area contributed by atoms with E-state index in [2.05, 4.69) is 15.3 Å². The molecule has 1 saturated heterocycles. The maximum atomic E-state index is 12.4. The highest BCUT2D eigenvalue weighted by Crippen LogP contribution is 2.20. The fourth-order valence-corrected chi connectivity index (χ4v) is 3.02. The minimum absolute atomic E-state index is 0.000939. The van der Waals surface area contributed by atoms with E-state index in [-0.39, 0.29) is 24.2 Å². The molecule has 1 N–H and O–H groups in total. The van der Waals surface area contributed by atoms with E-state index < -0.39 is 0 Å². The average molecular weight is 338 g/mol. The topological polar surface area (TPSA) is 75.2 Å². The lowest BCUT2D eigenvalue weighted by atomic mass is 10.1. The van der Waals surface area contributed by atoms with Gasteiger partial charge in [-0.2, -0.15) is 0 Å². The Morgan fingerprint density at radius 1 is 1.32 bits per heavy atom. The third-order valence-corrected chi connectivity index (χ3v) is 4.47. The van der Waals surface area contributed by atoms with E-state index in [1.807, 2.05) is 38.1 Å². The van der Waals surface area contributed by atoms with E-state index in [4.69, 9.17) is 0 Å². The van der Waals surface area contributed by atoms with Crippen molar-refractivity contribution in [2.24, 2.45) is 5.92 Å². The molecule has 0 saturated carbocycles. The van der Waals surface area contributed by atoms with Crippen molar-refractivity contribution in [1.29, 1.82) is 0 Å². The summed E-state index contributed by atoms with van der Waals surface area (Å²) in [5.74, 6) is -0.397. The molecule has 6 heteroatoms. The van der Waals surface area contributed by atoms with Crippen LogP contribution in [0.1, 0.15) is 28.9 Å². The van der Waals surface area contributed by atoms with Crippen LogP contribution in [-0.4, -0.2) is 33.2 Å². The van der Waals surface area contributed by atoms with Crippen LogP contribution in [0.25, 0.3) is 0 Å². The number of carbonyl (C=O) groups excluding carboxylic acids is 2. The van der Waals surface area contributed by atoms with E-state index in [0.717, 1.165) is 22.5 Å². The Kier molecular flexibility index (Phi) is 5.07. The Bertz CT molecular complexity index is 776. The molecule has 3 rings (SSSR count). The lowest BCUT2D eigenvalue weighted by molar-refractivity contribution is -0.129. The first kappa shape index (κ1) is 17.1. The molecule has 1 fully saturated rings. The molecule has 2 amide bonds.